The average Bonchev–Trinajstić information content (AvgIpc) is 2.28. The lowest BCUT2D eigenvalue weighted by molar-refractivity contribution is 0.479. The van der Waals surface area contributed by atoms with E-state index in [1.54, 1.807) is 36.7 Å². The van der Waals surface area contributed by atoms with Gasteiger partial charge in [0, 0.05) is 10.7 Å². The van der Waals surface area contributed by atoms with E-state index >= 15 is 0 Å². The standard InChI is InChI=1S/C12H8BrClN2OS/c13-7-4-8(6-16-5-7)17-10-3-1-2-9(14)11(10)12(15)18/h1-6H,(H2,15,18). The summed E-state index contributed by atoms with van der Waals surface area (Å²) in [6.07, 6.45) is 3.26. The van der Waals surface area contributed by atoms with Crippen molar-refractivity contribution in [1.82, 2.24) is 4.98 Å². The highest BCUT2D eigenvalue weighted by atomic mass is 79.9. The molecule has 2 N–H and O–H groups in total. The Morgan fingerprint density at radius 1 is 1.39 bits per heavy atom. The molecule has 0 amide bonds. The monoisotopic (exact) mass is 342 g/mol. The predicted octanol–water partition coefficient (Wildman–Crippen LogP) is 3.92. The third-order valence-corrected chi connectivity index (χ3v) is 3.08. The zero-order chi connectivity index (χ0) is 13.1. The second-order valence-corrected chi connectivity index (χ2v) is 5.18. The van der Waals surface area contributed by atoms with Crippen molar-refractivity contribution in [2.24, 2.45) is 5.73 Å². The molecule has 0 saturated heterocycles. The SMILES string of the molecule is NC(=S)c1c(Cl)cccc1Oc1cncc(Br)c1. The third-order valence-electron chi connectivity index (χ3n) is 2.13. The highest BCUT2D eigenvalue weighted by molar-refractivity contribution is 9.10. The Morgan fingerprint density at radius 3 is 2.83 bits per heavy atom. The maximum absolute atomic E-state index is 6.05. The van der Waals surface area contributed by atoms with Crippen LogP contribution in [0, 0.1) is 0 Å². The summed E-state index contributed by atoms with van der Waals surface area (Å²) in [5, 5.41) is 0.461. The number of thiocarbonyl (C=S) groups is 1. The van der Waals surface area contributed by atoms with E-state index in [4.69, 9.17) is 34.3 Å². The van der Waals surface area contributed by atoms with Gasteiger partial charge in [0.1, 0.15) is 16.5 Å². The first-order chi connectivity index (χ1) is 8.58. The van der Waals surface area contributed by atoms with Crippen molar-refractivity contribution in [3.63, 3.8) is 0 Å². The second kappa shape index (κ2) is 5.65. The van der Waals surface area contributed by atoms with Crippen LogP contribution >= 0.6 is 39.7 Å². The number of aromatic nitrogens is 1. The Morgan fingerprint density at radius 2 is 2.17 bits per heavy atom. The molecule has 2 aromatic rings. The van der Waals surface area contributed by atoms with Crippen LogP contribution in [0.1, 0.15) is 5.56 Å². The van der Waals surface area contributed by atoms with E-state index in [9.17, 15) is 0 Å². The summed E-state index contributed by atoms with van der Waals surface area (Å²) >= 11 is 14.3. The smallest absolute Gasteiger partial charge is 0.146 e. The molecular formula is C12H8BrClN2OS. The molecule has 0 saturated carbocycles. The molecule has 0 unspecified atom stereocenters. The van der Waals surface area contributed by atoms with Crippen LogP contribution in [0.25, 0.3) is 0 Å². The number of ether oxygens (including phenoxy) is 1. The summed E-state index contributed by atoms with van der Waals surface area (Å²) in [5.41, 5.74) is 6.16. The van der Waals surface area contributed by atoms with E-state index in [-0.39, 0.29) is 4.99 Å². The average molecular weight is 344 g/mol. The van der Waals surface area contributed by atoms with Crippen molar-refractivity contribution in [2.75, 3.05) is 0 Å². The fourth-order valence-corrected chi connectivity index (χ4v) is 2.28. The highest BCUT2D eigenvalue weighted by Gasteiger charge is 2.11. The molecule has 0 aliphatic heterocycles. The van der Waals surface area contributed by atoms with Crippen molar-refractivity contribution in [3.8, 4) is 11.5 Å². The van der Waals surface area contributed by atoms with Crippen molar-refractivity contribution in [3.05, 3.63) is 51.7 Å². The topological polar surface area (TPSA) is 48.1 Å². The minimum atomic E-state index is 0.193. The molecule has 1 aromatic heterocycles. The van der Waals surface area contributed by atoms with Crippen LogP contribution < -0.4 is 10.5 Å². The number of hydrogen-bond donors (Lipinski definition) is 1. The number of pyridine rings is 1. The number of benzene rings is 1. The summed E-state index contributed by atoms with van der Waals surface area (Å²) in [6.45, 7) is 0. The van der Waals surface area contributed by atoms with Gasteiger partial charge in [-0.25, -0.2) is 0 Å². The zero-order valence-corrected chi connectivity index (χ0v) is 12.2. The summed E-state index contributed by atoms with van der Waals surface area (Å²) in [7, 11) is 0. The van der Waals surface area contributed by atoms with E-state index < -0.39 is 0 Å². The van der Waals surface area contributed by atoms with E-state index in [2.05, 4.69) is 20.9 Å². The number of hydrogen-bond acceptors (Lipinski definition) is 3. The Balaban J connectivity index is 2.40. The Labute approximate surface area is 123 Å². The number of nitrogens with zero attached hydrogens (tertiary/aromatic N) is 1. The Bertz CT molecular complexity index is 606. The molecule has 0 spiro atoms. The lowest BCUT2D eigenvalue weighted by Crippen LogP contribution is -2.11. The van der Waals surface area contributed by atoms with E-state index in [0.29, 0.717) is 22.1 Å². The normalized spacial score (nSPS) is 10.1. The molecule has 1 aromatic carbocycles. The predicted molar refractivity (Wildman–Crippen MR) is 79.4 cm³/mol. The van der Waals surface area contributed by atoms with E-state index in [1.165, 1.54) is 0 Å². The van der Waals surface area contributed by atoms with Gasteiger partial charge in [-0.1, -0.05) is 29.9 Å². The molecule has 2 rings (SSSR count). The van der Waals surface area contributed by atoms with Crippen molar-refractivity contribution in [2.45, 2.75) is 0 Å². The van der Waals surface area contributed by atoms with Gasteiger partial charge in [-0.05, 0) is 34.1 Å². The van der Waals surface area contributed by atoms with E-state index in [1.807, 2.05) is 0 Å². The number of rotatable bonds is 3. The molecule has 0 bridgehead atoms. The summed E-state index contributed by atoms with van der Waals surface area (Å²) in [6, 6.07) is 7.02. The van der Waals surface area contributed by atoms with Gasteiger partial charge >= 0.3 is 0 Å². The molecule has 92 valence electrons. The first-order valence-electron chi connectivity index (χ1n) is 4.94. The fraction of sp³-hybridized carbons (Fsp3) is 0. The van der Waals surface area contributed by atoms with Crippen LogP contribution in [0.4, 0.5) is 0 Å². The van der Waals surface area contributed by atoms with Crippen molar-refractivity contribution in [1.29, 1.82) is 0 Å². The van der Waals surface area contributed by atoms with Gasteiger partial charge < -0.3 is 10.5 Å². The first kappa shape index (κ1) is 13.3. The third kappa shape index (κ3) is 2.98. The largest absolute Gasteiger partial charge is 0.455 e. The number of nitrogens with two attached hydrogens (primary N) is 1. The van der Waals surface area contributed by atoms with E-state index in [0.717, 1.165) is 4.47 Å². The highest BCUT2D eigenvalue weighted by Crippen LogP contribution is 2.30. The Hall–Kier alpha value is -1.17. The molecule has 6 heteroatoms. The molecular weight excluding hydrogens is 336 g/mol. The molecule has 0 aliphatic carbocycles. The minimum absolute atomic E-state index is 0.193. The molecule has 0 radical (unpaired) electrons. The van der Waals surface area contributed by atoms with Crippen molar-refractivity contribution >= 4 is 44.7 Å². The van der Waals surface area contributed by atoms with Gasteiger partial charge in [0.15, 0.2) is 0 Å². The van der Waals surface area contributed by atoms with Crippen LogP contribution in [0.15, 0.2) is 41.1 Å². The van der Waals surface area contributed by atoms with Crippen LogP contribution in [-0.2, 0) is 0 Å². The maximum Gasteiger partial charge on any atom is 0.146 e. The fourth-order valence-electron chi connectivity index (χ4n) is 1.40. The molecule has 0 fully saturated rings. The van der Waals surface area contributed by atoms with Crippen LogP contribution in [0.2, 0.25) is 5.02 Å². The lowest BCUT2D eigenvalue weighted by Gasteiger charge is -2.11. The van der Waals surface area contributed by atoms with Gasteiger partial charge in [-0.3, -0.25) is 4.98 Å². The quantitative estimate of drug-likeness (QED) is 0.858. The van der Waals surface area contributed by atoms with Crippen LogP contribution in [0.3, 0.4) is 0 Å². The maximum atomic E-state index is 6.05. The molecule has 0 atom stereocenters. The van der Waals surface area contributed by atoms with Gasteiger partial charge in [0.2, 0.25) is 0 Å². The summed E-state index contributed by atoms with van der Waals surface area (Å²) in [4.78, 5) is 4.20. The lowest BCUT2D eigenvalue weighted by atomic mass is 10.2. The second-order valence-electron chi connectivity index (χ2n) is 3.42. The first-order valence-corrected chi connectivity index (χ1v) is 6.52. The summed E-state index contributed by atoms with van der Waals surface area (Å²) < 4.78 is 6.51. The van der Waals surface area contributed by atoms with Crippen LogP contribution in [-0.4, -0.2) is 9.97 Å². The minimum Gasteiger partial charge on any atom is -0.455 e. The molecule has 1 heterocycles. The van der Waals surface area contributed by atoms with Crippen LogP contribution in [0.5, 0.6) is 11.5 Å². The van der Waals surface area contributed by atoms with Crippen molar-refractivity contribution < 1.29 is 4.74 Å². The molecule has 3 nitrogen and oxygen atoms in total. The Kier molecular flexibility index (Phi) is 4.16. The van der Waals surface area contributed by atoms with Gasteiger partial charge in [-0.15, -0.1) is 0 Å². The van der Waals surface area contributed by atoms with Gasteiger partial charge in [0.25, 0.3) is 0 Å². The molecule has 18 heavy (non-hydrogen) atoms. The molecule has 0 aliphatic rings. The summed E-state index contributed by atoms with van der Waals surface area (Å²) in [5.74, 6) is 1.08. The zero-order valence-electron chi connectivity index (χ0n) is 9.06. The van der Waals surface area contributed by atoms with Gasteiger partial charge in [0.05, 0.1) is 16.8 Å². The number of halogens is 2. The van der Waals surface area contributed by atoms with Gasteiger partial charge in [-0.2, -0.15) is 0 Å².